The van der Waals surface area contributed by atoms with Crippen LogP contribution in [0.1, 0.15) is 5.56 Å². The van der Waals surface area contributed by atoms with Crippen LogP contribution in [0, 0.1) is 5.82 Å². The molecule has 0 fully saturated rings. The molecule has 1 aromatic heterocycles. The molecule has 0 saturated carbocycles. The lowest BCUT2D eigenvalue weighted by Gasteiger charge is -2.33. The second-order valence-electron chi connectivity index (χ2n) is 6.37. The van der Waals surface area contributed by atoms with Crippen molar-refractivity contribution in [3.05, 3.63) is 46.9 Å². The summed E-state index contributed by atoms with van der Waals surface area (Å²) in [5.74, 6) is -2.08. The minimum Gasteiger partial charge on any atom is -0.433 e. The van der Waals surface area contributed by atoms with Crippen LogP contribution in [0.4, 0.5) is 32.4 Å². The lowest BCUT2D eigenvalue weighted by molar-refractivity contribution is -0.0501. The Kier molecular flexibility index (Phi) is 6.99. The lowest BCUT2D eigenvalue weighted by atomic mass is 9.90. The number of nitrogens with one attached hydrogen (secondary N) is 1. The third kappa shape index (κ3) is 5.16. The van der Waals surface area contributed by atoms with Crippen LogP contribution in [0.3, 0.4) is 0 Å². The van der Waals surface area contributed by atoms with Gasteiger partial charge in [0.2, 0.25) is 5.88 Å². The molecule has 1 atom stereocenters. The molecule has 1 aliphatic heterocycles. The van der Waals surface area contributed by atoms with E-state index in [9.17, 15) is 26.7 Å². The van der Waals surface area contributed by atoms with Crippen LogP contribution in [-0.2, 0) is 10.3 Å². The number of hydrogen-bond acceptors (Lipinski definition) is 7. The predicted molar refractivity (Wildman–Crippen MR) is 102 cm³/mol. The van der Waals surface area contributed by atoms with E-state index in [2.05, 4.69) is 20.0 Å². The molecule has 14 heteroatoms. The normalized spacial score (nSPS) is 18.4. The van der Waals surface area contributed by atoms with Crippen molar-refractivity contribution in [2.75, 3.05) is 18.5 Å². The maximum absolute atomic E-state index is 14.4. The molecule has 1 aromatic carbocycles. The van der Waals surface area contributed by atoms with Crippen molar-refractivity contribution in [3.8, 4) is 11.6 Å². The summed E-state index contributed by atoms with van der Waals surface area (Å²) in [6.07, 6.45) is -3.50. The van der Waals surface area contributed by atoms with Crippen molar-refractivity contribution in [2.45, 2.75) is 18.6 Å². The van der Waals surface area contributed by atoms with E-state index in [1.54, 1.807) is 0 Å². The van der Waals surface area contributed by atoms with Gasteiger partial charge in [-0.05, 0) is 18.2 Å². The first kappa shape index (κ1) is 23.5. The molecule has 0 unspecified atom stereocenters. The second kappa shape index (κ2) is 9.53. The molecule has 2 aromatic rings. The minimum absolute atomic E-state index is 0.125. The number of benzene rings is 1. The molecule has 32 heavy (non-hydrogen) atoms. The molecule has 0 spiro atoms. The third-order valence-electron chi connectivity index (χ3n) is 4.15. The second-order valence-corrected chi connectivity index (χ2v) is 6.77. The van der Waals surface area contributed by atoms with Gasteiger partial charge in [0.15, 0.2) is 5.54 Å². The number of aliphatic imine (C=N–C) groups is 1. The SMILES string of the molecule is NC1=N[C@@](c2cc(NC(=O)Oc3ncc(OC(F)F)cc3Cl)ccc2F)(C(F)F)COC1. The molecule has 1 amide bonds. The molecule has 2 heterocycles. The smallest absolute Gasteiger partial charge is 0.418 e. The zero-order valence-corrected chi connectivity index (χ0v) is 16.6. The molecule has 0 radical (unpaired) electrons. The molecular formula is C18H14ClF5N4O4. The third-order valence-corrected chi connectivity index (χ3v) is 4.42. The Morgan fingerprint density at radius 1 is 1.28 bits per heavy atom. The Bertz CT molecular complexity index is 1040. The fourth-order valence-corrected chi connectivity index (χ4v) is 3.01. The molecule has 0 aliphatic carbocycles. The van der Waals surface area contributed by atoms with Crippen LogP contribution in [0.15, 0.2) is 35.5 Å². The van der Waals surface area contributed by atoms with E-state index in [1.807, 2.05) is 0 Å². The molecular weight excluding hydrogens is 467 g/mol. The first-order valence-electron chi connectivity index (χ1n) is 8.70. The van der Waals surface area contributed by atoms with Crippen LogP contribution in [-0.4, -0.2) is 43.2 Å². The van der Waals surface area contributed by atoms with Gasteiger partial charge < -0.3 is 19.9 Å². The number of rotatable bonds is 6. The molecule has 1 aliphatic rings. The van der Waals surface area contributed by atoms with Gasteiger partial charge in [-0.3, -0.25) is 10.3 Å². The average molecular weight is 481 g/mol. The number of amidine groups is 1. The highest BCUT2D eigenvalue weighted by atomic mass is 35.5. The lowest BCUT2D eigenvalue weighted by Crippen LogP contribution is -2.45. The van der Waals surface area contributed by atoms with Gasteiger partial charge in [-0.2, -0.15) is 8.78 Å². The number of amides is 1. The summed E-state index contributed by atoms with van der Waals surface area (Å²) >= 11 is 5.81. The number of pyridine rings is 1. The quantitative estimate of drug-likeness (QED) is 0.606. The summed E-state index contributed by atoms with van der Waals surface area (Å²) in [7, 11) is 0. The van der Waals surface area contributed by atoms with E-state index in [0.29, 0.717) is 0 Å². The number of ether oxygens (including phenoxy) is 3. The Morgan fingerprint density at radius 3 is 2.66 bits per heavy atom. The zero-order chi connectivity index (χ0) is 23.5. The van der Waals surface area contributed by atoms with Crippen molar-refractivity contribution >= 4 is 29.2 Å². The fraction of sp³-hybridized carbons (Fsp3) is 0.278. The summed E-state index contributed by atoms with van der Waals surface area (Å²) in [6.45, 7) is -3.93. The molecule has 3 rings (SSSR count). The standard InChI is InChI=1S/C18H14ClF5N4O4/c19-11-4-9(31-16(23)24)5-26-14(11)32-17(29)27-8-1-2-12(20)10(3-8)18(15(21)22)7-30-6-13(25)28-18/h1-5,15-16H,6-7H2,(H2,25,28)(H,27,29)/t18-/m0/s1. The maximum Gasteiger partial charge on any atom is 0.418 e. The van der Waals surface area contributed by atoms with Gasteiger partial charge in [0.25, 0.3) is 6.43 Å². The summed E-state index contributed by atoms with van der Waals surface area (Å²) in [6, 6.07) is 3.81. The summed E-state index contributed by atoms with van der Waals surface area (Å²) < 4.78 is 80.5. The van der Waals surface area contributed by atoms with E-state index in [-0.39, 0.29) is 28.9 Å². The predicted octanol–water partition coefficient (Wildman–Crippen LogP) is 3.93. The number of carbonyl (C=O) groups is 1. The van der Waals surface area contributed by atoms with Crippen molar-refractivity contribution in [1.29, 1.82) is 0 Å². The van der Waals surface area contributed by atoms with Crippen molar-refractivity contribution < 1.29 is 41.0 Å². The monoisotopic (exact) mass is 480 g/mol. The molecule has 8 nitrogen and oxygen atoms in total. The highest BCUT2D eigenvalue weighted by Crippen LogP contribution is 2.38. The van der Waals surface area contributed by atoms with Crippen LogP contribution < -0.4 is 20.5 Å². The van der Waals surface area contributed by atoms with Crippen LogP contribution in [0.5, 0.6) is 11.6 Å². The summed E-state index contributed by atoms with van der Waals surface area (Å²) in [5, 5.41) is 1.87. The molecule has 0 bridgehead atoms. The van der Waals surface area contributed by atoms with Gasteiger partial charge in [0, 0.05) is 17.3 Å². The summed E-state index contributed by atoms with van der Waals surface area (Å²) in [5.41, 5.74) is 2.41. The van der Waals surface area contributed by atoms with Gasteiger partial charge in [0.05, 0.1) is 12.8 Å². The van der Waals surface area contributed by atoms with Crippen molar-refractivity contribution in [2.24, 2.45) is 10.7 Å². The highest BCUT2D eigenvalue weighted by molar-refractivity contribution is 6.32. The Balaban J connectivity index is 1.80. The largest absolute Gasteiger partial charge is 0.433 e. The van der Waals surface area contributed by atoms with Crippen LogP contribution in [0.25, 0.3) is 0 Å². The Labute approximate surface area is 182 Å². The average Bonchev–Trinajstić information content (AvgIpc) is 2.71. The van der Waals surface area contributed by atoms with E-state index in [1.165, 1.54) is 0 Å². The van der Waals surface area contributed by atoms with Gasteiger partial charge in [-0.15, -0.1) is 0 Å². The van der Waals surface area contributed by atoms with Crippen molar-refractivity contribution in [3.63, 3.8) is 0 Å². The van der Waals surface area contributed by atoms with E-state index >= 15 is 0 Å². The minimum atomic E-state index is -3.17. The number of hydrogen-bond donors (Lipinski definition) is 2. The van der Waals surface area contributed by atoms with Gasteiger partial charge in [-0.1, -0.05) is 11.6 Å². The number of aromatic nitrogens is 1. The number of halogens is 6. The first-order valence-corrected chi connectivity index (χ1v) is 9.08. The number of carbonyl (C=O) groups excluding carboxylic acids is 1. The number of alkyl halides is 4. The van der Waals surface area contributed by atoms with Crippen LogP contribution in [0.2, 0.25) is 5.02 Å². The van der Waals surface area contributed by atoms with Gasteiger partial charge >= 0.3 is 12.7 Å². The topological polar surface area (TPSA) is 108 Å². The Morgan fingerprint density at radius 2 is 2.03 bits per heavy atom. The number of nitrogens with zero attached hydrogens (tertiary/aromatic N) is 2. The number of anilines is 1. The highest BCUT2D eigenvalue weighted by Gasteiger charge is 2.46. The summed E-state index contributed by atoms with van der Waals surface area (Å²) in [4.78, 5) is 19.4. The first-order chi connectivity index (χ1) is 15.1. The number of nitrogens with two attached hydrogens (primary N) is 1. The molecule has 0 saturated heterocycles. The zero-order valence-electron chi connectivity index (χ0n) is 15.8. The molecule has 3 N–H and O–H groups in total. The fourth-order valence-electron chi connectivity index (χ4n) is 2.82. The van der Waals surface area contributed by atoms with E-state index in [4.69, 9.17) is 26.8 Å². The van der Waals surface area contributed by atoms with E-state index in [0.717, 1.165) is 30.5 Å². The van der Waals surface area contributed by atoms with Gasteiger partial charge in [0.1, 0.15) is 29.0 Å². The van der Waals surface area contributed by atoms with Crippen LogP contribution >= 0.6 is 11.6 Å². The van der Waals surface area contributed by atoms with Crippen molar-refractivity contribution in [1.82, 2.24) is 4.98 Å². The van der Waals surface area contributed by atoms with Gasteiger partial charge in [-0.25, -0.2) is 22.9 Å². The van der Waals surface area contributed by atoms with E-state index < -0.39 is 48.5 Å². The maximum atomic E-state index is 14.4. The Hall–Kier alpha value is -3.19. The molecule has 172 valence electrons.